The lowest BCUT2D eigenvalue weighted by Gasteiger charge is -2.06. The normalized spacial score (nSPS) is 11.0. The molecule has 0 spiro atoms. The number of pyridine rings is 2. The number of aromatic nitrogens is 2. The average molecular weight is 290 g/mol. The lowest BCUT2D eigenvalue weighted by atomic mass is 10.1. The number of nitrogens with zero attached hydrogens (tertiary/aromatic N) is 3. The number of hydrazone groups is 1. The molecule has 5 heteroatoms. The first-order valence-electron chi connectivity index (χ1n) is 6.85. The van der Waals surface area contributed by atoms with E-state index in [-0.39, 0.29) is 5.91 Å². The van der Waals surface area contributed by atoms with Crippen molar-refractivity contribution in [3.05, 3.63) is 71.7 Å². The minimum absolute atomic E-state index is 0.270. The standard InChI is InChI=1S/C17H14N4O/c1-12-10-15(14-7-2-3-8-16(14)20-12)17(22)21-19-11-13-6-4-5-9-18-13/h2-11H,1H3,(H,21,22)/b19-11-. The SMILES string of the molecule is Cc1cc(C(=O)N/N=C\c2ccccn2)c2ccccc2n1. The van der Waals surface area contributed by atoms with Gasteiger partial charge in [-0.15, -0.1) is 0 Å². The largest absolute Gasteiger partial charge is 0.272 e. The van der Waals surface area contributed by atoms with Crippen LogP contribution in [0.25, 0.3) is 10.9 Å². The minimum Gasteiger partial charge on any atom is -0.267 e. The predicted octanol–water partition coefficient (Wildman–Crippen LogP) is 2.70. The highest BCUT2D eigenvalue weighted by atomic mass is 16.2. The molecule has 5 nitrogen and oxygen atoms in total. The van der Waals surface area contributed by atoms with Crippen molar-refractivity contribution in [2.24, 2.45) is 5.10 Å². The molecule has 0 unspecified atom stereocenters. The molecule has 108 valence electrons. The zero-order valence-electron chi connectivity index (χ0n) is 12.0. The Bertz CT molecular complexity index is 844. The van der Waals surface area contributed by atoms with Crippen LogP contribution in [-0.2, 0) is 0 Å². The fourth-order valence-corrected chi connectivity index (χ4v) is 2.17. The van der Waals surface area contributed by atoms with Crippen molar-refractivity contribution in [2.75, 3.05) is 0 Å². The van der Waals surface area contributed by atoms with Gasteiger partial charge in [0.15, 0.2) is 0 Å². The molecule has 1 N–H and O–H groups in total. The van der Waals surface area contributed by atoms with E-state index in [2.05, 4.69) is 20.5 Å². The van der Waals surface area contributed by atoms with Crippen molar-refractivity contribution >= 4 is 23.0 Å². The summed E-state index contributed by atoms with van der Waals surface area (Å²) in [6.07, 6.45) is 3.18. The molecule has 0 aliphatic rings. The maximum atomic E-state index is 12.3. The highest BCUT2D eigenvalue weighted by Crippen LogP contribution is 2.17. The number of nitrogens with one attached hydrogen (secondary N) is 1. The summed E-state index contributed by atoms with van der Waals surface area (Å²) in [4.78, 5) is 20.8. The Balaban J connectivity index is 1.85. The Hall–Kier alpha value is -3.08. The van der Waals surface area contributed by atoms with E-state index in [0.29, 0.717) is 11.3 Å². The van der Waals surface area contributed by atoms with Gasteiger partial charge in [-0.25, -0.2) is 5.43 Å². The molecule has 2 aromatic heterocycles. The van der Waals surface area contributed by atoms with E-state index in [0.717, 1.165) is 16.6 Å². The van der Waals surface area contributed by atoms with Gasteiger partial charge >= 0.3 is 0 Å². The van der Waals surface area contributed by atoms with Gasteiger partial charge in [0.2, 0.25) is 0 Å². The molecular formula is C17H14N4O. The maximum Gasteiger partial charge on any atom is 0.272 e. The number of hydrogen-bond acceptors (Lipinski definition) is 4. The van der Waals surface area contributed by atoms with Gasteiger partial charge in [0.25, 0.3) is 5.91 Å². The summed E-state index contributed by atoms with van der Waals surface area (Å²) in [7, 11) is 0. The number of para-hydroxylation sites is 1. The van der Waals surface area contributed by atoms with Gasteiger partial charge in [0.1, 0.15) is 0 Å². The third-order valence-corrected chi connectivity index (χ3v) is 3.14. The summed E-state index contributed by atoms with van der Waals surface area (Å²) in [5.74, 6) is -0.270. The monoisotopic (exact) mass is 290 g/mol. The predicted molar refractivity (Wildman–Crippen MR) is 85.8 cm³/mol. The summed E-state index contributed by atoms with van der Waals surface area (Å²) in [6.45, 7) is 1.86. The van der Waals surface area contributed by atoms with E-state index in [1.165, 1.54) is 6.21 Å². The Morgan fingerprint density at radius 2 is 2.00 bits per heavy atom. The molecule has 0 bridgehead atoms. The van der Waals surface area contributed by atoms with E-state index in [1.54, 1.807) is 12.3 Å². The highest BCUT2D eigenvalue weighted by molar-refractivity contribution is 6.06. The zero-order chi connectivity index (χ0) is 15.4. The minimum atomic E-state index is -0.270. The lowest BCUT2D eigenvalue weighted by molar-refractivity contribution is 0.0956. The van der Waals surface area contributed by atoms with Crippen LogP contribution in [0.5, 0.6) is 0 Å². The smallest absolute Gasteiger partial charge is 0.267 e. The first-order valence-corrected chi connectivity index (χ1v) is 6.85. The number of hydrogen-bond donors (Lipinski definition) is 1. The molecule has 22 heavy (non-hydrogen) atoms. The van der Waals surface area contributed by atoms with Gasteiger partial charge in [-0.2, -0.15) is 5.10 Å². The number of carbonyl (C=O) groups excluding carboxylic acids is 1. The Morgan fingerprint density at radius 1 is 1.18 bits per heavy atom. The summed E-state index contributed by atoms with van der Waals surface area (Å²) >= 11 is 0. The Labute approximate surface area is 127 Å². The molecule has 0 aliphatic carbocycles. The molecule has 0 radical (unpaired) electrons. The topological polar surface area (TPSA) is 67.2 Å². The lowest BCUT2D eigenvalue weighted by Crippen LogP contribution is -2.18. The van der Waals surface area contributed by atoms with Crippen molar-refractivity contribution < 1.29 is 4.79 Å². The molecule has 0 saturated carbocycles. The van der Waals surface area contributed by atoms with Gasteiger partial charge in [-0.1, -0.05) is 24.3 Å². The molecule has 0 aliphatic heterocycles. The molecule has 1 aromatic carbocycles. The Kier molecular flexibility index (Phi) is 3.87. The number of fused-ring (bicyclic) bond motifs is 1. The van der Waals surface area contributed by atoms with Crippen LogP contribution in [0.1, 0.15) is 21.7 Å². The van der Waals surface area contributed by atoms with Crippen LogP contribution in [0.2, 0.25) is 0 Å². The van der Waals surface area contributed by atoms with Gasteiger partial charge in [0, 0.05) is 17.3 Å². The molecule has 0 atom stereocenters. The van der Waals surface area contributed by atoms with Gasteiger partial charge in [-0.3, -0.25) is 14.8 Å². The van der Waals surface area contributed by atoms with Crippen LogP contribution in [-0.4, -0.2) is 22.1 Å². The first kappa shape index (κ1) is 13.9. The summed E-state index contributed by atoms with van der Waals surface area (Å²) in [5.41, 5.74) is 5.35. The quantitative estimate of drug-likeness (QED) is 0.595. The van der Waals surface area contributed by atoms with E-state index >= 15 is 0 Å². The summed E-state index contributed by atoms with van der Waals surface area (Å²) < 4.78 is 0. The molecular weight excluding hydrogens is 276 g/mol. The molecule has 1 amide bonds. The number of rotatable bonds is 3. The van der Waals surface area contributed by atoms with Gasteiger partial charge in [0.05, 0.1) is 23.0 Å². The number of amides is 1. The maximum absolute atomic E-state index is 12.3. The number of carbonyl (C=O) groups is 1. The van der Waals surface area contributed by atoms with Crippen molar-refractivity contribution in [3.8, 4) is 0 Å². The average Bonchev–Trinajstić information content (AvgIpc) is 2.55. The van der Waals surface area contributed by atoms with E-state index < -0.39 is 0 Å². The Morgan fingerprint density at radius 3 is 2.82 bits per heavy atom. The van der Waals surface area contributed by atoms with Crippen LogP contribution in [0, 0.1) is 6.92 Å². The van der Waals surface area contributed by atoms with Crippen molar-refractivity contribution in [3.63, 3.8) is 0 Å². The molecule has 2 heterocycles. The van der Waals surface area contributed by atoms with Crippen LogP contribution in [0.15, 0.2) is 59.8 Å². The third kappa shape index (κ3) is 2.98. The third-order valence-electron chi connectivity index (χ3n) is 3.14. The molecule has 3 rings (SSSR count). The zero-order valence-corrected chi connectivity index (χ0v) is 12.0. The van der Waals surface area contributed by atoms with Crippen LogP contribution < -0.4 is 5.43 Å². The fourth-order valence-electron chi connectivity index (χ4n) is 2.17. The summed E-state index contributed by atoms with van der Waals surface area (Å²) in [5, 5.41) is 4.75. The van der Waals surface area contributed by atoms with Crippen LogP contribution in [0.3, 0.4) is 0 Å². The molecule has 3 aromatic rings. The second-order valence-corrected chi connectivity index (χ2v) is 4.78. The highest BCUT2D eigenvalue weighted by Gasteiger charge is 2.10. The molecule has 0 fully saturated rings. The summed E-state index contributed by atoms with van der Waals surface area (Å²) in [6, 6.07) is 14.8. The van der Waals surface area contributed by atoms with Crippen molar-refractivity contribution in [1.29, 1.82) is 0 Å². The van der Waals surface area contributed by atoms with Crippen molar-refractivity contribution in [1.82, 2.24) is 15.4 Å². The van der Waals surface area contributed by atoms with Gasteiger partial charge in [-0.05, 0) is 31.2 Å². The van der Waals surface area contributed by atoms with E-state index in [1.807, 2.05) is 49.4 Å². The fraction of sp³-hybridized carbons (Fsp3) is 0.0588. The van der Waals surface area contributed by atoms with Crippen LogP contribution >= 0.6 is 0 Å². The second-order valence-electron chi connectivity index (χ2n) is 4.78. The first-order chi connectivity index (χ1) is 10.7. The van der Waals surface area contributed by atoms with Crippen LogP contribution in [0.4, 0.5) is 0 Å². The molecule has 0 saturated heterocycles. The second kappa shape index (κ2) is 6.13. The number of aryl methyl sites for hydroxylation is 1. The van der Waals surface area contributed by atoms with E-state index in [9.17, 15) is 4.79 Å². The number of benzene rings is 1. The van der Waals surface area contributed by atoms with Crippen molar-refractivity contribution in [2.45, 2.75) is 6.92 Å². The van der Waals surface area contributed by atoms with E-state index in [4.69, 9.17) is 0 Å². The van der Waals surface area contributed by atoms with Gasteiger partial charge < -0.3 is 0 Å².